The number of non-ortho nitro benzene ring substituents is 1. The van der Waals surface area contributed by atoms with Crippen molar-refractivity contribution in [3.8, 4) is 11.5 Å². The van der Waals surface area contributed by atoms with Crippen LogP contribution in [0.3, 0.4) is 0 Å². The molecule has 0 radical (unpaired) electrons. The molecule has 0 spiro atoms. The van der Waals surface area contributed by atoms with Crippen LogP contribution in [-0.4, -0.2) is 32.0 Å². The number of halogens is 1. The van der Waals surface area contributed by atoms with Crippen molar-refractivity contribution in [2.75, 3.05) is 0 Å². The van der Waals surface area contributed by atoms with Gasteiger partial charge in [0.15, 0.2) is 0 Å². The van der Waals surface area contributed by atoms with E-state index in [1.807, 2.05) is 0 Å². The lowest BCUT2D eigenvalue weighted by molar-refractivity contribution is -0.384. The molecule has 0 bridgehead atoms. The summed E-state index contributed by atoms with van der Waals surface area (Å²) in [6, 6.07) is 12.8. The molecule has 0 saturated heterocycles. The Bertz CT molecular complexity index is 1030. The summed E-state index contributed by atoms with van der Waals surface area (Å²) in [5, 5.41) is 19.6. The van der Waals surface area contributed by atoms with Gasteiger partial charge >= 0.3 is 0 Å². The lowest BCUT2D eigenvalue weighted by atomic mass is 10.1. The minimum absolute atomic E-state index is 0.0673. The fourth-order valence-corrected chi connectivity index (χ4v) is 2.97. The third-order valence-corrected chi connectivity index (χ3v) is 4.67. The SMILES string of the molecule is O=C(c1cccc([N+](=O)[O-])c1)N(Cc1nnc(-c2ccc(Cl)cc2)o1)C1CC1. The Morgan fingerprint density at radius 1 is 1.21 bits per heavy atom. The van der Waals surface area contributed by atoms with Gasteiger partial charge in [-0.15, -0.1) is 10.2 Å². The number of rotatable bonds is 6. The number of benzene rings is 2. The largest absolute Gasteiger partial charge is 0.419 e. The fraction of sp³-hybridized carbons (Fsp3) is 0.211. The maximum Gasteiger partial charge on any atom is 0.270 e. The lowest BCUT2D eigenvalue weighted by Crippen LogP contribution is -2.32. The normalized spacial score (nSPS) is 13.3. The van der Waals surface area contributed by atoms with Crippen molar-refractivity contribution in [2.45, 2.75) is 25.4 Å². The number of nitrogens with zero attached hydrogens (tertiary/aromatic N) is 4. The van der Waals surface area contributed by atoms with E-state index >= 15 is 0 Å². The summed E-state index contributed by atoms with van der Waals surface area (Å²) < 4.78 is 5.70. The van der Waals surface area contributed by atoms with Gasteiger partial charge in [0.1, 0.15) is 0 Å². The summed E-state index contributed by atoms with van der Waals surface area (Å²) in [6.07, 6.45) is 1.75. The van der Waals surface area contributed by atoms with Gasteiger partial charge in [-0.05, 0) is 43.2 Å². The topological polar surface area (TPSA) is 102 Å². The van der Waals surface area contributed by atoms with Crippen LogP contribution in [0.25, 0.3) is 11.5 Å². The van der Waals surface area contributed by atoms with E-state index in [0.717, 1.165) is 18.4 Å². The zero-order chi connectivity index (χ0) is 19.7. The molecule has 28 heavy (non-hydrogen) atoms. The molecular weight excluding hydrogens is 384 g/mol. The van der Waals surface area contributed by atoms with Gasteiger partial charge in [0.25, 0.3) is 11.6 Å². The molecule has 2 aromatic carbocycles. The lowest BCUT2D eigenvalue weighted by Gasteiger charge is -2.20. The van der Waals surface area contributed by atoms with E-state index in [9.17, 15) is 14.9 Å². The fourth-order valence-electron chi connectivity index (χ4n) is 2.84. The molecule has 3 aromatic rings. The van der Waals surface area contributed by atoms with Gasteiger partial charge in [0.2, 0.25) is 11.8 Å². The molecule has 1 aromatic heterocycles. The summed E-state index contributed by atoms with van der Waals surface area (Å²) in [4.78, 5) is 25.0. The van der Waals surface area contributed by atoms with Crippen LogP contribution in [0.1, 0.15) is 29.1 Å². The van der Waals surface area contributed by atoms with Gasteiger partial charge in [0, 0.05) is 34.3 Å². The maximum atomic E-state index is 12.9. The molecule has 9 heteroatoms. The van der Waals surface area contributed by atoms with E-state index < -0.39 is 4.92 Å². The molecule has 1 fully saturated rings. The second-order valence-electron chi connectivity index (χ2n) is 6.48. The number of hydrogen-bond acceptors (Lipinski definition) is 6. The third kappa shape index (κ3) is 3.86. The van der Waals surface area contributed by atoms with E-state index in [4.69, 9.17) is 16.0 Å². The molecule has 0 N–H and O–H groups in total. The van der Waals surface area contributed by atoms with Gasteiger partial charge in [-0.2, -0.15) is 0 Å². The second-order valence-corrected chi connectivity index (χ2v) is 6.92. The van der Waals surface area contributed by atoms with E-state index in [0.29, 0.717) is 16.8 Å². The van der Waals surface area contributed by atoms with Crippen molar-refractivity contribution in [3.63, 3.8) is 0 Å². The maximum absolute atomic E-state index is 12.9. The molecule has 142 valence electrons. The predicted molar refractivity (Wildman–Crippen MR) is 101 cm³/mol. The summed E-state index contributed by atoms with van der Waals surface area (Å²) in [7, 11) is 0. The van der Waals surface area contributed by atoms with Crippen molar-refractivity contribution in [1.29, 1.82) is 0 Å². The predicted octanol–water partition coefficient (Wildman–Crippen LogP) is 4.10. The highest BCUT2D eigenvalue weighted by atomic mass is 35.5. The second kappa shape index (κ2) is 7.40. The number of hydrogen-bond donors (Lipinski definition) is 0. The molecule has 1 aliphatic rings. The van der Waals surface area contributed by atoms with Crippen LogP contribution in [0.15, 0.2) is 52.9 Å². The molecule has 0 aliphatic heterocycles. The average molecular weight is 399 g/mol. The number of nitro groups is 1. The molecule has 1 saturated carbocycles. The van der Waals surface area contributed by atoms with Gasteiger partial charge in [-0.25, -0.2) is 0 Å². The Morgan fingerprint density at radius 3 is 2.64 bits per heavy atom. The van der Waals surface area contributed by atoms with Crippen LogP contribution < -0.4 is 0 Å². The first kappa shape index (κ1) is 18.1. The van der Waals surface area contributed by atoms with Gasteiger partial charge in [0.05, 0.1) is 11.5 Å². The molecule has 8 nitrogen and oxygen atoms in total. The highest BCUT2D eigenvalue weighted by Gasteiger charge is 2.34. The van der Waals surface area contributed by atoms with Crippen LogP contribution in [0.4, 0.5) is 5.69 Å². The van der Waals surface area contributed by atoms with Gasteiger partial charge in [-0.1, -0.05) is 17.7 Å². The highest BCUT2D eigenvalue weighted by Crippen LogP contribution is 2.31. The molecular formula is C19H15ClN4O4. The Hall–Kier alpha value is -3.26. The van der Waals surface area contributed by atoms with Crippen LogP contribution in [0.5, 0.6) is 0 Å². The minimum atomic E-state index is -0.519. The van der Waals surface area contributed by atoms with Crippen molar-refractivity contribution in [2.24, 2.45) is 0 Å². The standard InChI is InChI=1S/C19H15ClN4O4/c20-14-6-4-12(5-7-14)18-22-21-17(28-18)11-23(15-8-9-15)19(25)13-2-1-3-16(10-13)24(26)27/h1-7,10,15H,8-9,11H2. The Balaban J connectivity index is 1.55. The first-order valence-electron chi connectivity index (χ1n) is 8.65. The van der Waals surface area contributed by atoms with Crippen molar-refractivity contribution in [3.05, 3.63) is 75.1 Å². The first-order chi connectivity index (χ1) is 13.5. The quantitative estimate of drug-likeness (QED) is 0.457. The average Bonchev–Trinajstić information content (AvgIpc) is 3.44. The third-order valence-electron chi connectivity index (χ3n) is 4.42. The monoisotopic (exact) mass is 398 g/mol. The van der Waals surface area contributed by atoms with E-state index in [1.54, 1.807) is 35.2 Å². The smallest absolute Gasteiger partial charge is 0.270 e. The molecule has 4 rings (SSSR count). The Labute approximate surface area is 164 Å². The van der Waals surface area contributed by atoms with Crippen LogP contribution in [0.2, 0.25) is 5.02 Å². The summed E-state index contributed by atoms with van der Waals surface area (Å²) in [6.45, 7) is 0.146. The van der Waals surface area contributed by atoms with Crippen LogP contribution in [0, 0.1) is 10.1 Å². The van der Waals surface area contributed by atoms with Crippen molar-refractivity contribution in [1.82, 2.24) is 15.1 Å². The number of nitro benzene ring substituents is 1. The number of carbonyl (C=O) groups is 1. The molecule has 0 unspecified atom stereocenters. The van der Waals surface area contributed by atoms with Crippen molar-refractivity contribution >= 4 is 23.2 Å². The zero-order valence-electron chi connectivity index (χ0n) is 14.6. The number of amides is 1. The minimum Gasteiger partial charge on any atom is -0.419 e. The van der Waals surface area contributed by atoms with Crippen LogP contribution in [-0.2, 0) is 6.54 Å². The Morgan fingerprint density at radius 2 is 1.96 bits per heavy atom. The van der Waals surface area contributed by atoms with Gasteiger partial charge in [-0.3, -0.25) is 14.9 Å². The van der Waals surface area contributed by atoms with Crippen LogP contribution >= 0.6 is 11.6 Å². The molecule has 1 amide bonds. The highest BCUT2D eigenvalue weighted by molar-refractivity contribution is 6.30. The molecule has 1 heterocycles. The zero-order valence-corrected chi connectivity index (χ0v) is 15.4. The van der Waals surface area contributed by atoms with E-state index in [2.05, 4.69) is 10.2 Å². The molecule has 0 atom stereocenters. The van der Waals surface area contributed by atoms with Gasteiger partial charge < -0.3 is 9.32 Å². The Kier molecular flexibility index (Phi) is 4.79. The summed E-state index contributed by atoms with van der Waals surface area (Å²) in [5.74, 6) is 0.346. The summed E-state index contributed by atoms with van der Waals surface area (Å²) in [5.41, 5.74) is 0.870. The van der Waals surface area contributed by atoms with Crippen molar-refractivity contribution < 1.29 is 14.1 Å². The van der Waals surface area contributed by atoms with E-state index in [1.165, 1.54) is 18.2 Å². The summed E-state index contributed by atoms with van der Waals surface area (Å²) >= 11 is 5.89. The number of aromatic nitrogens is 2. The molecule has 1 aliphatic carbocycles. The first-order valence-corrected chi connectivity index (χ1v) is 9.03. The number of carbonyl (C=O) groups excluding carboxylic acids is 1. The van der Waals surface area contributed by atoms with E-state index in [-0.39, 0.29) is 29.7 Å².